The van der Waals surface area contributed by atoms with Crippen LogP contribution in [-0.4, -0.2) is 31.6 Å². The number of aliphatic hydroxyl groups is 1. The number of ether oxygens (including phenoxy) is 1. The lowest BCUT2D eigenvalue weighted by molar-refractivity contribution is 0.278. The summed E-state index contributed by atoms with van der Waals surface area (Å²) in [6.45, 7) is 1.92. The van der Waals surface area contributed by atoms with Gasteiger partial charge in [0.1, 0.15) is 15.6 Å². The van der Waals surface area contributed by atoms with Crippen LogP contribution in [0, 0.1) is 0 Å². The van der Waals surface area contributed by atoms with Crippen molar-refractivity contribution in [2.24, 2.45) is 0 Å². The van der Waals surface area contributed by atoms with Crippen LogP contribution in [0.25, 0.3) is 0 Å². The van der Waals surface area contributed by atoms with E-state index in [0.717, 1.165) is 10.0 Å². The Bertz CT molecular complexity index is 485. The van der Waals surface area contributed by atoms with E-state index in [2.05, 4.69) is 15.9 Å². The number of hydrogen-bond donors (Lipinski definition) is 1. The molecule has 0 fully saturated rings. The number of rotatable bonds is 7. The third-order valence-corrected chi connectivity index (χ3v) is 5.06. The van der Waals surface area contributed by atoms with Gasteiger partial charge in [-0.3, -0.25) is 0 Å². The monoisotopic (exact) mass is 336 g/mol. The minimum absolute atomic E-state index is 0.0675. The van der Waals surface area contributed by atoms with E-state index in [9.17, 15) is 8.42 Å². The minimum Gasteiger partial charge on any atom is -0.494 e. The Labute approximate surface area is 116 Å². The summed E-state index contributed by atoms with van der Waals surface area (Å²) in [6, 6.07) is 5.31. The van der Waals surface area contributed by atoms with Crippen molar-refractivity contribution in [3.05, 3.63) is 28.2 Å². The van der Waals surface area contributed by atoms with E-state index in [0.29, 0.717) is 18.8 Å². The summed E-state index contributed by atoms with van der Waals surface area (Å²) in [5.41, 5.74) is 0.744. The van der Waals surface area contributed by atoms with Gasteiger partial charge >= 0.3 is 0 Å². The largest absolute Gasteiger partial charge is 0.494 e. The molecule has 0 spiro atoms. The van der Waals surface area contributed by atoms with Crippen LogP contribution in [0.4, 0.5) is 0 Å². The maximum Gasteiger partial charge on any atom is 0.150 e. The normalized spacial score (nSPS) is 11.5. The molecule has 6 heteroatoms. The lowest BCUT2D eigenvalue weighted by atomic mass is 10.2. The van der Waals surface area contributed by atoms with Crippen LogP contribution < -0.4 is 4.74 Å². The highest BCUT2D eigenvalue weighted by Crippen LogP contribution is 2.22. The van der Waals surface area contributed by atoms with Gasteiger partial charge in [0, 0.05) is 10.2 Å². The fourth-order valence-corrected chi connectivity index (χ4v) is 2.59. The van der Waals surface area contributed by atoms with Crippen molar-refractivity contribution < 1.29 is 18.3 Å². The van der Waals surface area contributed by atoms with Gasteiger partial charge in [-0.25, -0.2) is 8.42 Å². The van der Waals surface area contributed by atoms with Crippen molar-refractivity contribution in [2.75, 3.05) is 18.1 Å². The van der Waals surface area contributed by atoms with Crippen molar-refractivity contribution in [3.63, 3.8) is 0 Å². The topological polar surface area (TPSA) is 63.6 Å². The van der Waals surface area contributed by atoms with Crippen LogP contribution in [0.5, 0.6) is 5.75 Å². The number of hydrogen-bond acceptors (Lipinski definition) is 4. The molecular formula is C12H17BrO4S. The molecule has 0 radical (unpaired) electrons. The Balaban J connectivity index is 2.45. The lowest BCUT2D eigenvalue weighted by Crippen LogP contribution is -2.11. The van der Waals surface area contributed by atoms with Gasteiger partial charge in [0.05, 0.1) is 19.0 Å². The van der Waals surface area contributed by atoms with E-state index in [-0.39, 0.29) is 18.1 Å². The summed E-state index contributed by atoms with van der Waals surface area (Å²) in [7, 11) is -2.92. The Morgan fingerprint density at radius 1 is 1.39 bits per heavy atom. The van der Waals surface area contributed by atoms with Crippen LogP contribution >= 0.6 is 15.9 Å². The predicted octanol–water partition coefficient (Wildman–Crippen LogP) is 2.15. The van der Waals surface area contributed by atoms with E-state index in [1.165, 1.54) is 0 Å². The quantitative estimate of drug-likeness (QED) is 0.775. The third kappa shape index (κ3) is 4.96. The van der Waals surface area contributed by atoms with Crippen molar-refractivity contribution in [2.45, 2.75) is 20.0 Å². The molecule has 0 atom stereocenters. The highest BCUT2D eigenvalue weighted by Gasteiger charge is 2.07. The highest BCUT2D eigenvalue weighted by molar-refractivity contribution is 9.10. The second-order valence-electron chi connectivity index (χ2n) is 3.85. The first-order valence-corrected chi connectivity index (χ1v) is 8.32. The van der Waals surface area contributed by atoms with E-state index >= 15 is 0 Å². The number of benzene rings is 1. The maximum absolute atomic E-state index is 11.3. The van der Waals surface area contributed by atoms with Crippen LogP contribution in [0.2, 0.25) is 0 Å². The van der Waals surface area contributed by atoms with Gasteiger partial charge in [0.25, 0.3) is 0 Å². The molecule has 0 unspecified atom stereocenters. The van der Waals surface area contributed by atoms with E-state index in [1.807, 2.05) is 0 Å². The third-order valence-electron chi connectivity index (χ3n) is 2.50. The molecule has 0 aliphatic rings. The van der Waals surface area contributed by atoms with Crippen LogP contribution in [0.1, 0.15) is 18.9 Å². The second kappa shape index (κ2) is 7.11. The summed E-state index contributed by atoms with van der Waals surface area (Å²) in [6.07, 6.45) is 0.473. The van der Waals surface area contributed by atoms with Gasteiger partial charge in [-0.05, 0) is 30.2 Å². The van der Waals surface area contributed by atoms with E-state index in [4.69, 9.17) is 9.84 Å². The first-order valence-electron chi connectivity index (χ1n) is 5.71. The zero-order valence-corrected chi connectivity index (χ0v) is 12.6. The van der Waals surface area contributed by atoms with Crippen LogP contribution in [-0.2, 0) is 16.4 Å². The minimum atomic E-state index is -2.92. The van der Waals surface area contributed by atoms with Gasteiger partial charge in [-0.2, -0.15) is 0 Å². The molecule has 0 heterocycles. The average molecular weight is 337 g/mol. The zero-order chi connectivity index (χ0) is 13.6. The van der Waals surface area contributed by atoms with E-state index in [1.54, 1.807) is 25.1 Å². The van der Waals surface area contributed by atoms with Gasteiger partial charge in [0.2, 0.25) is 0 Å². The SMILES string of the molecule is CCS(=O)(=O)CCCOc1ccc(Br)c(CO)c1. The summed E-state index contributed by atoms with van der Waals surface area (Å²) < 4.78 is 28.8. The molecule has 0 saturated carbocycles. The van der Waals surface area contributed by atoms with Crippen molar-refractivity contribution in [1.82, 2.24) is 0 Å². The Hall–Kier alpha value is -0.590. The van der Waals surface area contributed by atoms with Gasteiger partial charge in [-0.15, -0.1) is 0 Å². The second-order valence-corrected chi connectivity index (χ2v) is 7.18. The molecule has 102 valence electrons. The molecule has 1 rings (SSSR count). The molecule has 4 nitrogen and oxygen atoms in total. The van der Waals surface area contributed by atoms with E-state index < -0.39 is 9.84 Å². The molecule has 0 aromatic heterocycles. The summed E-state index contributed by atoms with van der Waals surface area (Å²) in [5, 5.41) is 9.09. The van der Waals surface area contributed by atoms with Crippen molar-refractivity contribution in [1.29, 1.82) is 0 Å². The Morgan fingerprint density at radius 3 is 2.72 bits per heavy atom. The molecule has 1 N–H and O–H groups in total. The summed E-state index contributed by atoms with van der Waals surface area (Å²) >= 11 is 3.31. The van der Waals surface area contributed by atoms with Crippen molar-refractivity contribution >= 4 is 25.8 Å². The fourth-order valence-electron chi connectivity index (χ4n) is 1.38. The molecule has 0 bridgehead atoms. The standard InChI is InChI=1S/C12H17BrO4S/c1-2-18(15,16)7-3-6-17-11-4-5-12(13)10(8-11)9-14/h4-5,8,14H,2-3,6-7,9H2,1H3. The lowest BCUT2D eigenvalue weighted by Gasteiger charge is -2.08. The molecule has 1 aromatic carbocycles. The van der Waals surface area contributed by atoms with Gasteiger partial charge in [0.15, 0.2) is 0 Å². The Kier molecular flexibility index (Phi) is 6.11. The first-order chi connectivity index (χ1) is 8.48. The van der Waals surface area contributed by atoms with Crippen LogP contribution in [0.15, 0.2) is 22.7 Å². The summed E-state index contributed by atoms with van der Waals surface area (Å²) in [5.74, 6) is 0.948. The average Bonchev–Trinajstić information content (AvgIpc) is 2.36. The van der Waals surface area contributed by atoms with Crippen LogP contribution in [0.3, 0.4) is 0 Å². The first kappa shape index (κ1) is 15.5. The molecule has 18 heavy (non-hydrogen) atoms. The Morgan fingerprint density at radius 2 is 2.11 bits per heavy atom. The number of halogens is 1. The summed E-state index contributed by atoms with van der Waals surface area (Å²) in [4.78, 5) is 0. The maximum atomic E-state index is 11.3. The molecule has 0 amide bonds. The molecule has 0 saturated heterocycles. The fraction of sp³-hybridized carbons (Fsp3) is 0.500. The van der Waals surface area contributed by atoms with Gasteiger partial charge in [-0.1, -0.05) is 22.9 Å². The highest BCUT2D eigenvalue weighted by atomic mass is 79.9. The number of aliphatic hydroxyl groups excluding tert-OH is 1. The van der Waals surface area contributed by atoms with Crippen molar-refractivity contribution in [3.8, 4) is 5.75 Å². The molecule has 1 aromatic rings. The molecular weight excluding hydrogens is 320 g/mol. The molecule has 0 aliphatic carbocycles. The zero-order valence-electron chi connectivity index (χ0n) is 10.2. The van der Waals surface area contributed by atoms with Gasteiger partial charge < -0.3 is 9.84 Å². The molecule has 0 aliphatic heterocycles. The predicted molar refractivity (Wildman–Crippen MR) is 74.5 cm³/mol. The smallest absolute Gasteiger partial charge is 0.150 e. The number of sulfone groups is 1.